The summed E-state index contributed by atoms with van der Waals surface area (Å²) in [5.74, 6) is -5.38. The molecule has 0 bridgehead atoms. The Morgan fingerprint density at radius 3 is 1.43 bits per heavy atom. The number of alkyl halides is 2. The van der Waals surface area contributed by atoms with Crippen molar-refractivity contribution in [3.8, 4) is 17.2 Å². The van der Waals surface area contributed by atoms with E-state index in [2.05, 4.69) is 24.5 Å². The number of halogens is 2. The molecule has 5 aromatic rings. The molecular formula is C66H82Cl2N4O21S2. The van der Waals surface area contributed by atoms with E-state index in [9.17, 15) is 59.1 Å². The molecule has 29 heteroatoms. The van der Waals surface area contributed by atoms with Gasteiger partial charge >= 0.3 is 17.9 Å². The number of para-hydroxylation sites is 1. The van der Waals surface area contributed by atoms with Crippen LogP contribution >= 0.6 is 46.7 Å². The van der Waals surface area contributed by atoms with Crippen LogP contribution in [0.3, 0.4) is 0 Å². The molecule has 95 heavy (non-hydrogen) atoms. The van der Waals surface area contributed by atoms with E-state index >= 15 is 0 Å². The third-order valence-electron chi connectivity index (χ3n) is 17.8. The molecule has 518 valence electrons. The van der Waals surface area contributed by atoms with Crippen LogP contribution in [0.4, 0.5) is 0 Å². The Morgan fingerprint density at radius 2 is 1.04 bits per heavy atom. The lowest BCUT2D eigenvalue weighted by atomic mass is 9.92. The molecule has 4 fully saturated rings. The number of esters is 3. The molecular weight excluding hydrogens is 1320 g/mol. The molecule has 0 spiro atoms. The molecule has 7 N–H and O–H groups in total. The predicted octanol–water partition coefficient (Wildman–Crippen LogP) is 5.42. The quantitative estimate of drug-likeness (QED) is 0.0206. The van der Waals surface area contributed by atoms with E-state index < -0.39 is 160 Å². The summed E-state index contributed by atoms with van der Waals surface area (Å²) in [6, 6.07) is 12.7. The Bertz CT molecular complexity index is 3450. The van der Waals surface area contributed by atoms with E-state index in [1.807, 2.05) is 23.9 Å². The Kier molecular flexibility index (Phi) is 24.9. The highest BCUT2D eigenvalue weighted by Crippen LogP contribution is 2.37. The summed E-state index contributed by atoms with van der Waals surface area (Å²) < 4.78 is 53.6. The molecule has 25 nitrogen and oxygen atoms in total. The topological polar surface area (TPSA) is 342 Å². The molecule has 6 heterocycles. The third-order valence-corrected chi connectivity index (χ3v) is 20.0. The number of aromatic hydroxyl groups is 1. The van der Waals surface area contributed by atoms with Gasteiger partial charge in [-0.3, -0.25) is 29.0 Å². The van der Waals surface area contributed by atoms with E-state index in [-0.39, 0.29) is 50.8 Å². The smallest absolute Gasteiger partial charge is 0.374 e. The van der Waals surface area contributed by atoms with Gasteiger partial charge in [-0.15, -0.1) is 46.7 Å². The number of phenolic OH excluding ortho intramolecular Hbond substituents is 1. The van der Waals surface area contributed by atoms with Gasteiger partial charge in [0.15, 0.2) is 29.2 Å². The SMILES string of the molecule is CCCC1CC(C(=O)NC(C(C)Cl)C2OC(SC)C(O)C(OC(=O)c3cc(=O)c4c(OCC(COc5cccc6oc(C(=O)OC7C(O)C(SC)OC(C(NC(=O)C8CC(CCC)CN8C)C(C)Cl)C7O)cc(=O)c56)OC(=O)c5ccccc5O)cccc4o3)C2O)N(C)C1. The zero-order valence-corrected chi connectivity index (χ0v) is 56.8. The maximum atomic E-state index is 14.1. The highest BCUT2D eigenvalue weighted by Gasteiger charge is 2.53. The summed E-state index contributed by atoms with van der Waals surface area (Å²) in [5.41, 5.74) is -4.32. The molecule has 2 aromatic heterocycles. The Labute approximate surface area is 566 Å². The summed E-state index contributed by atoms with van der Waals surface area (Å²) in [6.07, 6.45) is -5.59. The molecule has 9 rings (SSSR count). The zero-order chi connectivity index (χ0) is 68.7. The van der Waals surface area contributed by atoms with Gasteiger partial charge in [-0.05, 0) is 114 Å². The van der Waals surface area contributed by atoms with Crippen LogP contribution in [0.1, 0.15) is 97.7 Å². The molecule has 0 radical (unpaired) electrons. The van der Waals surface area contributed by atoms with Crippen LogP contribution in [0.25, 0.3) is 21.9 Å². The lowest BCUT2D eigenvalue weighted by Gasteiger charge is -2.45. The number of carbonyl (C=O) groups excluding carboxylic acids is 5. The van der Waals surface area contributed by atoms with E-state index in [1.165, 1.54) is 60.7 Å². The number of amides is 2. The molecule has 4 aliphatic heterocycles. The molecule has 4 saturated heterocycles. The van der Waals surface area contributed by atoms with Gasteiger partial charge in [0.2, 0.25) is 23.3 Å². The van der Waals surface area contributed by atoms with E-state index in [4.69, 9.17) is 65.2 Å². The summed E-state index contributed by atoms with van der Waals surface area (Å²) >= 11 is 15.5. The first-order valence-electron chi connectivity index (χ1n) is 31.5. The van der Waals surface area contributed by atoms with Crippen molar-refractivity contribution in [3.63, 3.8) is 0 Å². The molecule has 18 atom stereocenters. The van der Waals surface area contributed by atoms with Gasteiger partial charge in [0.25, 0.3) is 0 Å². The fourth-order valence-electron chi connectivity index (χ4n) is 13.0. The first kappa shape index (κ1) is 73.0. The van der Waals surface area contributed by atoms with Crippen molar-refractivity contribution in [1.29, 1.82) is 0 Å². The monoisotopic (exact) mass is 1400 g/mol. The van der Waals surface area contributed by atoms with Gasteiger partial charge in [0.05, 0.1) is 34.9 Å². The van der Waals surface area contributed by atoms with Crippen LogP contribution in [0.5, 0.6) is 17.2 Å². The van der Waals surface area contributed by atoms with E-state index in [0.717, 1.165) is 74.4 Å². The van der Waals surface area contributed by atoms with Gasteiger partial charge < -0.3 is 78.2 Å². The first-order valence-corrected chi connectivity index (χ1v) is 35.0. The average molecular weight is 1400 g/mol. The normalized spacial score (nSPS) is 28.0. The van der Waals surface area contributed by atoms with Crippen molar-refractivity contribution in [3.05, 3.63) is 110 Å². The van der Waals surface area contributed by atoms with Crippen LogP contribution in [0.2, 0.25) is 0 Å². The number of fused-ring (bicyclic) bond motifs is 2. The van der Waals surface area contributed by atoms with Gasteiger partial charge in [0, 0.05) is 25.2 Å². The van der Waals surface area contributed by atoms with E-state index in [0.29, 0.717) is 24.7 Å². The highest BCUT2D eigenvalue weighted by atomic mass is 35.5. The molecule has 0 aliphatic carbocycles. The number of aliphatic hydroxyl groups excluding tert-OH is 4. The van der Waals surface area contributed by atoms with Crippen molar-refractivity contribution in [1.82, 2.24) is 20.4 Å². The Balaban J connectivity index is 0.900. The van der Waals surface area contributed by atoms with Crippen LogP contribution in [-0.4, -0.2) is 219 Å². The summed E-state index contributed by atoms with van der Waals surface area (Å²) in [4.78, 5) is 101. The number of thioether (sulfide) groups is 2. The number of rotatable bonds is 26. The number of nitrogens with one attached hydrogen (secondary N) is 2. The van der Waals surface area contributed by atoms with Crippen molar-refractivity contribution in [2.45, 2.75) is 167 Å². The van der Waals surface area contributed by atoms with Crippen LogP contribution in [-0.2, 0) is 33.3 Å². The second-order valence-electron chi connectivity index (χ2n) is 24.6. The van der Waals surface area contributed by atoms with Gasteiger partial charge in [-0.1, -0.05) is 51.0 Å². The second kappa shape index (κ2) is 32.4. The number of hydrogen-bond acceptors (Lipinski definition) is 25. The minimum absolute atomic E-state index is 0.118. The summed E-state index contributed by atoms with van der Waals surface area (Å²) in [7, 11) is 3.73. The summed E-state index contributed by atoms with van der Waals surface area (Å²) in [5, 5.41) is 60.9. The standard InChI is InChI=1S/C66H82Cl2N4O21S2/c1-9-15-33-23-37(71(5)27-33)60(80)69-50(31(3)67)56-52(76)58(54(78)65(92-56)94-7)90-63(83)46-25-40(74)48-42(19-13-21-44(48)88-46)85-29-35(87-62(82)36-17-11-12-18-39(36)73)30-86-43-20-14-22-45-49(43)41(75)26-47(89-45)64(84)91-59-53(77)57(93-66(95-8)55(59)79)51(32(4)68)70-61(81)38-24-34(16-10-2)28-72(38)6/h11-14,17-22,25-26,31-35,37-38,50-59,65-66,73,76-79H,9-10,15-16,23-24,27-30H2,1-8H3,(H,69,80)(H,70,81). The fourth-order valence-corrected chi connectivity index (χ4v) is 14.7. The largest absolute Gasteiger partial charge is 0.507 e. The van der Waals surface area contributed by atoms with Crippen molar-refractivity contribution in [2.24, 2.45) is 11.8 Å². The first-order chi connectivity index (χ1) is 45.4. The van der Waals surface area contributed by atoms with Gasteiger partial charge in [-0.25, -0.2) is 14.4 Å². The van der Waals surface area contributed by atoms with Crippen molar-refractivity contribution < 1.29 is 91.5 Å². The number of hydrogen-bond donors (Lipinski definition) is 7. The number of benzene rings is 3. The number of ether oxygens (including phenoxy) is 7. The van der Waals surface area contributed by atoms with Crippen LogP contribution in [0, 0.1) is 11.8 Å². The predicted molar refractivity (Wildman–Crippen MR) is 353 cm³/mol. The Morgan fingerprint density at radius 1 is 0.621 bits per heavy atom. The molecule has 18 unspecified atom stereocenters. The van der Waals surface area contributed by atoms with Crippen molar-refractivity contribution >= 4 is 98.4 Å². The lowest BCUT2D eigenvalue weighted by molar-refractivity contribution is -0.206. The average Bonchev–Trinajstić information content (AvgIpc) is 1.48. The minimum Gasteiger partial charge on any atom is -0.507 e. The zero-order valence-electron chi connectivity index (χ0n) is 53.7. The van der Waals surface area contributed by atoms with Crippen LogP contribution in [0.15, 0.2) is 91.2 Å². The lowest BCUT2D eigenvalue weighted by Crippen LogP contribution is -2.65. The molecule has 3 aromatic carbocycles. The number of aliphatic hydroxyl groups is 4. The fraction of sp³-hybridized carbons (Fsp3) is 0.561. The maximum Gasteiger partial charge on any atom is 0.374 e. The van der Waals surface area contributed by atoms with Gasteiger partial charge in [0.1, 0.15) is 105 Å². The molecule has 0 saturated carbocycles. The Hall–Kier alpha value is -6.21. The molecule has 4 aliphatic rings. The maximum absolute atomic E-state index is 14.1. The van der Waals surface area contributed by atoms with Crippen LogP contribution < -0.4 is 31.0 Å². The van der Waals surface area contributed by atoms with Gasteiger partial charge in [-0.2, -0.15) is 0 Å². The number of likely N-dealkylation sites (N-methyl/N-ethyl adjacent to an activating group) is 2. The number of likely N-dealkylation sites (tertiary alicyclic amines) is 2. The number of carbonyl (C=O) groups is 5. The third kappa shape index (κ3) is 16.7. The number of phenols is 1. The van der Waals surface area contributed by atoms with Crippen molar-refractivity contribution in [2.75, 3.05) is 52.9 Å². The van der Waals surface area contributed by atoms with E-state index in [1.54, 1.807) is 26.4 Å². The summed E-state index contributed by atoms with van der Waals surface area (Å²) in [6.45, 7) is 7.76. The second-order valence-corrected chi connectivity index (χ2v) is 27.9. The number of nitrogens with zero attached hydrogens (tertiary/aromatic N) is 2. The highest BCUT2D eigenvalue weighted by molar-refractivity contribution is 7.99. The molecule has 2 amide bonds. The minimum atomic E-state index is -1.74.